The fourth-order valence-electron chi connectivity index (χ4n) is 10.5. The van der Waals surface area contributed by atoms with Crippen molar-refractivity contribution >= 4 is 62.0 Å². The Morgan fingerprint density at radius 3 is 1.31 bits per heavy atom. The van der Waals surface area contributed by atoms with Gasteiger partial charge >= 0.3 is 35.5 Å². The molecule has 4 N–H and O–H groups in total. The van der Waals surface area contributed by atoms with Gasteiger partial charge in [-0.25, -0.2) is 45.7 Å². The summed E-state index contributed by atoms with van der Waals surface area (Å²) >= 11 is 0. The molecule has 0 aliphatic carbocycles. The molecule has 0 amide bonds. The van der Waals surface area contributed by atoms with E-state index in [1.165, 1.54) is 226 Å². The van der Waals surface area contributed by atoms with Crippen LogP contribution in [0.1, 0.15) is 81.2 Å². The zero-order valence-electron chi connectivity index (χ0n) is 72.1. The third-order valence-electron chi connectivity index (χ3n) is 16.8. The number of ether oxygens (including phenoxy) is 11. The summed E-state index contributed by atoms with van der Waals surface area (Å²) in [5, 5.41) is 3.31. The number of hydrogen-bond acceptors (Lipinski definition) is 26. The number of Topliss-reactive ketones (excluding diaryl/α,β-unsaturated/α-hetero) is 4. The van der Waals surface area contributed by atoms with E-state index in [1.807, 2.05) is 25.3 Å². The second kappa shape index (κ2) is 54.7. The van der Waals surface area contributed by atoms with Crippen LogP contribution >= 0.6 is 0 Å². The van der Waals surface area contributed by atoms with Crippen molar-refractivity contribution in [3.63, 3.8) is 0 Å². The Hall–Kier alpha value is -11.9. The van der Waals surface area contributed by atoms with Crippen LogP contribution in [0, 0.1) is 47.6 Å². The van der Waals surface area contributed by atoms with Crippen LogP contribution in [0.15, 0.2) is 197 Å². The van der Waals surface area contributed by atoms with Gasteiger partial charge in [-0.15, -0.1) is 0 Å². The zero-order valence-corrected chi connectivity index (χ0v) is 73.9. The van der Waals surface area contributed by atoms with E-state index in [-0.39, 0.29) is 137 Å². The first-order valence-electron chi connectivity index (χ1n) is 36.4. The van der Waals surface area contributed by atoms with Crippen LogP contribution in [-0.4, -0.2) is 177 Å². The number of rotatable bonds is 21. The maximum absolute atomic E-state index is 14.0. The molecule has 0 spiro atoms. The molecule has 0 saturated carbocycles. The third kappa shape index (κ3) is 35.3. The van der Waals surface area contributed by atoms with Crippen LogP contribution in [0.4, 0.5) is 42.2 Å². The maximum atomic E-state index is 14.0. The topological polar surface area (TPSA) is 364 Å². The first-order chi connectivity index (χ1) is 58.3. The van der Waals surface area contributed by atoms with E-state index in [0.29, 0.717) is 45.1 Å². The molecule has 6 aromatic carbocycles. The summed E-state index contributed by atoms with van der Waals surface area (Å²) < 4.78 is 177. The summed E-state index contributed by atoms with van der Waals surface area (Å²) in [5.41, 5.74) is 9.98. The number of fused-ring (bicyclic) bond motifs is 2. The van der Waals surface area contributed by atoms with Crippen molar-refractivity contribution in [1.29, 1.82) is 0 Å². The molecule has 1 aliphatic rings. The van der Waals surface area contributed by atoms with Crippen molar-refractivity contribution in [3.8, 4) is 51.3 Å². The number of ketones is 4. The summed E-state index contributed by atoms with van der Waals surface area (Å²) in [6.07, 6.45) is 3.75. The van der Waals surface area contributed by atoms with Crippen molar-refractivity contribution in [2.75, 3.05) is 115 Å². The monoisotopic (exact) mass is 1780 g/mol. The van der Waals surface area contributed by atoms with Crippen LogP contribution < -0.4 is 80.3 Å². The van der Waals surface area contributed by atoms with Crippen molar-refractivity contribution in [2.45, 2.75) is 72.0 Å². The van der Waals surface area contributed by atoms with Crippen molar-refractivity contribution in [3.05, 3.63) is 266 Å². The molecule has 670 valence electrons. The van der Waals surface area contributed by atoms with Gasteiger partial charge in [-0.1, -0.05) is 25.1 Å². The predicted molar refractivity (Wildman–Crippen MR) is 451 cm³/mol. The molecule has 0 radical (unpaired) electrons. The number of aromatic nitrogens is 5. The molecule has 6 heterocycles. The number of nitrogens with two attached hydrogens (primary N) is 1. The van der Waals surface area contributed by atoms with Crippen LogP contribution in [-0.2, 0) is 58.7 Å². The van der Waals surface area contributed by atoms with Gasteiger partial charge < -0.3 is 69.5 Å². The summed E-state index contributed by atoms with van der Waals surface area (Å²) in [5.74, 6) is -5.01. The zero-order chi connectivity index (χ0) is 91.8. The van der Waals surface area contributed by atoms with Crippen LogP contribution in [0.5, 0.6) is 28.7 Å². The summed E-state index contributed by atoms with van der Waals surface area (Å²) in [7, 11) is 11.6. The summed E-state index contributed by atoms with van der Waals surface area (Å²) in [6, 6.07) is 38.9. The molecule has 0 bridgehead atoms. The van der Waals surface area contributed by atoms with E-state index in [2.05, 4.69) is 44.1 Å². The van der Waals surface area contributed by atoms with Gasteiger partial charge in [0.25, 0.3) is 27.7 Å². The average molecular weight is 1780 g/mol. The van der Waals surface area contributed by atoms with Crippen LogP contribution in [0.2, 0.25) is 0 Å². The molecule has 0 atom stereocenters. The minimum Gasteiger partial charge on any atom is -1.00 e. The van der Waals surface area contributed by atoms with Gasteiger partial charge in [0.15, 0.2) is 69.4 Å². The number of nitrogens with one attached hydrogen (secondary N) is 1. The Bertz CT molecular complexity index is 5560. The standard InChI is InChI=1S/C19H19FN4O2.C15H10F2N2O2.C13H17FO4.C11H11FO3.C9H9FO2.C7H8O3S.C5H5FN2.C4H10O3.C3H6O2.CH4.Na.H/c1-26-17-4-2-13(10-15(17)20)16-11-19(25)24-12-14(3-5-18(24)22-16)23-8-6-21-7-9-23;1-21-13-4-2-9(6-11(13)17)12-7-15(20)19-8-10(16)3-5-14(19)18-12;1-9(15)8-13(17-3,18-4)10-5-6-12(16-2)11(14)7-10;1-7(13)5-10(14)8-3-4-11(15-2)9(12)6-8;1-6(11)7-3-4-9(12-2)8(10)5-7;1-6-2-4-7(5-3-6)11(8,9)10;6-4-1-2-5(7)8-3-4;1-5-4(6-2)7-3;1-3(4)5-2;;;/h2-5,10-12,21H,6-9H2,1H3;2-8H,1H3;5-7H,8H2,1-4H3;3-4,6H,5H2,1-2H3;3-5H,1-2H3;2-5H,1H3,(H,8,9,10);1-3H,(H2,7,8);4H,1-3H3;1-2H3;1H4;;/q;;;;;;;;;;+1;-1. The predicted octanol–water partition coefficient (Wildman–Crippen LogP) is 11.0. The third-order valence-corrected chi connectivity index (χ3v) is 17.6. The Kier molecular flexibility index (Phi) is 47.8. The van der Waals surface area contributed by atoms with Gasteiger partial charge in [-0.2, -0.15) is 8.42 Å². The number of carbonyl (C=O) groups is 5. The number of anilines is 2. The molecular formula is C87H100F7N8NaO21S. The Morgan fingerprint density at radius 2 is 0.944 bits per heavy atom. The Labute approximate surface area is 742 Å². The van der Waals surface area contributed by atoms with Gasteiger partial charge in [0, 0.05) is 121 Å². The first-order valence-corrected chi connectivity index (χ1v) is 37.8. The van der Waals surface area contributed by atoms with Crippen molar-refractivity contribution < 1.29 is 151 Å². The number of nitrogens with zero attached hydrogens (tertiary/aromatic N) is 6. The minimum atomic E-state index is -4.02. The number of esters is 1. The molecule has 11 aromatic rings. The number of methoxy groups -OCH3 is 11. The van der Waals surface area contributed by atoms with Crippen molar-refractivity contribution in [2.24, 2.45) is 0 Å². The van der Waals surface area contributed by atoms with E-state index in [0.717, 1.165) is 60.3 Å². The number of nitrogen functional groups attached to an aromatic ring is 1. The number of hydrogen-bond donors (Lipinski definition) is 3. The molecule has 1 aliphatic heterocycles. The number of benzene rings is 6. The average Bonchev–Trinajstić information content (AvgIpc) is 0.789. The second-order valence-corrected chi connectivity index (χ2v) is 26.8. The number of pyridine rings is 3. The van der Waals surface area contributed by atoms with Crippen molar-refractivity contribution in [1.82, 2.24) is 29.1 Å². The molecule has 1 saturated heterocycles. The SMILES string of the molecule is C.COC(C)=O.COC(OC)OC.COc1ccc(-c2cc(=O)n3cc(F)ccc3n2)cc1F.COc1ccc(-c2cc(=O)n3cc(N4CCNCC4)ccc3n2)cc1F.COc1ccc(C(=O)CC(C)=O)cc1F.COc1ccc(C(C)=O)cc1F.COc1ccc(C(CC(C)=O)(OC)OC)cc1F.Cc1ccc(S(=O)(=O)O)cc1.Nc1ccc(F)cn1.[H-].[Na+]. The van der Waals surface area contributed by atoms with E-state index >= 15 is 0 Å². The summed E-state index contributed by atoms with van der Waals surface area (Å²) in [6.45, 7) is 10.5. The Morgan fingerprint density at radius 1 is 0.528 bits per heavy atom. The van der Waals surface area contributed by atoms with E-state index in [9.17, 15) is 72.7 Å². The number of halogens is 7. The fraction of sp³-hybridized carbons (Fsp3) is 0.287. The minimum absolute atomic E-state index is 0. The normalized spacial score (nSPS) is 11.0. The van der Waals surface area contributed by atoms with Gasteiger partial charge in [-0.05, 0) is 167 Å². The van der Waals surface area contributed by atoms with Gasteiger partial charge in [0.1, 0.15) is 40.3 Å². The maximum Gasteiger partial charge on any atom is 1.00 e. The molecule has 12 rings (SSSR count). The van der Waals surface area contributed by atoms with Crippen LogP contribution in [0.25, 0.3) is 33.8 Å². The largest absolute Gasteiger partial charge is 1.00 e. The number of piperazine rings is 1. The number of carbonyl (C=O) groups excluding carboxylic acids is 5. The second-order valence-electron chi connectivity index (χ2n) is 25.4. The molecule has 38 heteroatoms. The van der Waals surface area contributed by atoms with Gasteiger partial charge in [0.05, 0.1) is 83.7 Å². The smallest absolute Gasteiger partial charge is 1.00 e. The molecular weight excluding hydrogens is 1680 g/mol. The molecule has 29 nitrogen and oxygen atoms in total. The molecule has 0 unspecified atom stereocenters. The molecule has 125 heavy (non-hydrogen) atoms. The van der Waals surface area contributed by atoms with E-state index in [4.69, 9.17) is 43.4 Å². The molecule has 5 aromatic heterocycles. The summed E-state index contributed by atoms with van der Waals surface area (Å²) in [4.78, 5) is 92.7. The first kappa shape index (κ1) is 109. The van der Waals surface area contributed by atoms with Gasteiger partial charge in [0.2, 0.25) is 5.79 Å². The van der Waals surface area contributed by atoms with E-state index in [1.54, 1.807) is 30.3 Å². The Balaban J connectivity index is 0.000000733. The van der Waals surface area contributed by atoms with E-state index < -0.39 is 62.8 Å². The van der Waals surface area contributed by atoms with Crippen LogP contribution in [0.3, 0.4) is 0 Å². The number of aryl methyl sites for hydroxylation is 1. The van der Waals surface area contributed by atoms with Gasteiger partial charge in [-0.3, -0.25) is 46.9 Å². The fourth-order valence-corrected chi connectivity index (χ4v) is 10.9. The molecule has 1 fully saturated rings. The quantitative estimate of drug-likeness (QED) is 0.0114.